The van der Waals surface area contributed by atoms with Gasteiger partial charge in [-0.05, 0) is 69.4 Å². The van der Waals surface area contributed by atoms with Crippen LogP contribution in [0.1, 0.15) is 31.7 Å². The van der Waals surface area contributed by atoms with Gasteiger partial charge in [-0.3, -0.25) is 14.6 Å². The number of likely N-dealkylation sites (tertiary alicyclic amines) is 1. The third-order valence-electron chi connectivity index (χ3n) is 5.97. The van der Waals surface area contributed by atoms with E-state index in [2.05, 4.69) is 39.0 Å². The van der Waals surface area contributed by atoms with Gasteiger partial charge >= 0.3 is 0 Å². The number of anilines is 1. The number of hydrogen-bond donors (Lipinski definition) is 0. The summed E-state index contributed by atoms with van der Waals surface area (Å²) < 4.78 is 5.26. The molecule has 2 fully saturated rings. The highest BCUT2D eigenvalue weighted by atomic mass is 16.5. The zero-order valence-corrected chi connectivity index (χ0v) is 17.0. The lowest BCUT2D eigenvalue weighted by Gasteiger charge is -2.37. The molecule has 3 rings (SSSR count). The van der Waals surface area contributed by atoms with E-state index in [1.54, 1.807) is 14.0 Å². The van der Waals surface area contributed by atoms with Crippen molar-refractivity contribution >= 4 is 11.5 Å². The fourth-order valence-electron chi connectivity index (χ4n) is 4.35. The zero-order chi connectivity index (χ0) is 19.1. The first kappa shape index (κ1) is 20.3. The van der Waals surface area contributed by atoms with Gasteiger partial charge in [0.2, 0.25) is 0 Å². The maximum atomic E-state index is 11.2. The van der Waals surface area contributed by atoms with Crippen molar-refractivity contribution < 1.29 is 9.53 Å². The molecule has 0 unspecified atom stereocenters. The predicted molar refractivity (Wildman–Crippen MR) is 110 cm³/mol. The number of piperazine rings is 1. The second-order valence-electron chi connectivity index (χ2n) is 8.14. The Hall–Kier alpha value is -1.43. The van der Waals surface area contributed by atoms with Gasteiger partial charge in [-0.25, -0.2) is 0 Å². The van der Waals surface area contributed by atoms with Crippen LogP contribution in [0.3, 0.4) is 0 Å². The first-order chi connectivity index (χ1) is 13.1. The lowest BCUT2D eigenvalue weighted by Crippen LogP contribution is -2.47. The summed E-state index contributed by atoms with van der Waals surface area (Å²) in [6, 6.07) is 8.73. The molecule has 150 valence electrons. The summed E-state index contributed by atoms with van der Waals surface area (Å²) in [6.07, 6.45) is 3.80. The van der Waals surface area contributed by atoms with E-state index in [9.17, 15) is 4.79 Å². The molecule has 2 aliphatic heterocycles. The minimum absolute atomic E-state index is 0.291. The van der Waals surface area contributed by atoms with Crippen molar-refractivity contribution in [1.29, 1.82) is 0 Å². The Balaban J connectivity index is 1.36. The van der Waals surface area contributed by atoms with Crippen LogP contribution in [0, 0.1) is 5.92 Å². The normalized spacial score (nSPS) is 20.1. The molecular formula is C22H35N3O2. The highest BCUT2D eigenvalue weighted by Crippen LogP contribution is 2.22. The first-order valence-electron chi connectivity index (χ1n) is 10.4. The van der Waals surface area contributed by atoms with Crippen molar-refractivity contribution in [1.82, 2.24) is 9.80 Å². The molecule has 2 aliphatic rings. The summed E-state index contributed by atoms with van der Waals surface area (Å²) in [5.74, 6) is 1.12. The second-order valence-corrected chi connectivity index (χ2v) is 8.14. The fraction of sp³-hybridized carbons (Fsp3) is 0.682. The summed E-state index contributed by atoms with van der Waals surface area (Å²) >= 11 is 0. The number of carbonyl (C=O) groups excluding carboxylic acids is 1. The molecule has 0 saturated carbocycles. The van der Waals surface area contributed by atoms with Crippen LogP contribution < -0.4 is 4.90 Å². The number of benzene rings is 1. The summed E-state index contributed by atoms with van der Waals surface area (Å²) in [7, 11) is 1.75. The highest BCUT2D eigenvalue weighted by molar-refractivity contribution is 5.77. The molecule has 0 amide bonds. The van der Waals surface area contributed by atoms with Crippen LogP contribution in [-0.4, -0.2) is 75.1 Å². The van der Waals surface area contributed by atoms with Crippen LogP contribution in [0.25, 0.3) is 0 Å². The molecule has 5 heteroatoms. The number of piperidine rings is 1. The van der Waals surface area contributed by atoms with Gasteiger partial charge in [0.25, 0.3) is 0 Å². The number of nitrogens with zero attached hydrogens (tertiary/aromatic N) is 3. The molecule has 2 heterocycles. The van der Waals surface area contributed by atoms with E-state index in [4.69, 9.17) is 4.74 Å². The molecule has 1 aromatic carbocycles. The molecule has 1 aromatic rings. The summed E-state index contributed by atoms with van der Waals surface area (Å²) in [5, 5.41) is 0. The van der Waals surface area contributed by atoms with Gasteiger partial charge in [-0.1, -0.05) is 12.1 Å². The Kier molecular flexibility index (Phi) is 7.68. The van der Waals surface area contributed by atoms with Gasteiger partial charge < -0.3 is 9.64 Å². The Morgan fingerprint density at radius 1 is 1.07 bits per heavy atom. The lowest BCUT2D eigenvalue weighted by molar-refractivity contribution is -0.118. The molecule has 0 aromatic heterocycles. The molecule has 0 spiro atoms. The van der Waals surface area contributed by atoms with Crippen molar-refractivity contribution in [3.63, 3.8) is 0 Å². The number of hydrogen-bond acceptors (Lipinski definition) is 5. The van der Waals surface area contributed by atoms with Crippen LogP contribution in [0.5, 0.6) is 0 Å². The number of ether oxygens (including phenoxy) is 1. The Morgan fingerprint density at radius 3 is 2.48 bits per heavy atom. The number of Topliss-reactive ketones (excluding diaryl/α,β-unsaturated/α-hetero) is 1. The van der Waals surface area contributed by atoms with Crippen LogP contribution in [-0.2, 0) is 16.1 Å². The molecule has 5 nitrogen and oxygen atoms in total. The van der Waals surface area contributed by atoms with Crippen molar-refractivity contribution in [3.05, 3.63) is 29.8 Å². The number of methoxy groups -OCH3 is 1. The Morgan fingerprint density at radius 2 is 1.81 bits per heavy atom. The first-order valence-corrected chi connectivity index (χ1v) is 10.4. The molecular weight excluding hydrogens is 338 g/mol. The largest absolute Gasteiger partial charge is 0.380 e. The zero-order valence-electron chi connectivity index (χ0n) is 17.0. The molecule has 0 N–H and O–H groups in total. The van der Waals surface area contributed by atoms with Gasteiger partial charge in [0.1, 0.15) is 5.78 Å². The summed E-state index contributed by atoms with van der Waals surface area (Å²) in [5.41, 5.74) is 2.57. The fourth-order valence-corrected chi connectivity index (χ4v) is 4.35. The monoisotopic (exact) mass is 373 g/mol. The molecule has 27 heavy (non-hydrogen) atoms. The van der Waals surface area contributed by atoms with Crippen molar-refractivity contribution in [3.8, 4) is 0 Å². The molecule has 0 atom stereocenters. The van der Waals surface area contributed by atoms with E-state index < -0.39 is 0 Å². The van der Waals surface area contributed by atoms with Gasteiger partial charge in [0.15, 0.2) is 0 Å². The van der Waals surface area contributed by atoms with E-state index in [-0.39, 0.29) is 0 Å². The van der Waals surface area contributed by atoms with E-state index in [1.807, 2.05) is 0 Å². The van der Waals surface area contributed by atoms with Crippen LogP contribution in [0.4, 0.5) is 5.69 Å². The molecule has 0 radical (unpaired) electrons. The third kappa shape index (κ3) is 6.30. The summed E-state index contributed by atoms with van der Waals surface area (Å²) in [6.45, 7) is 10.9. The smallest absolute Gasteiger partial charge is 0.143 e. The van der Waals surface area contributed by atoms with Crippen LogP contribution in [0.2, 0.25) is 0 Å². The Bertz CT molecular complexity index is 591. The SMILES string of the molecule is COCc1cccc(N2CCN(CCC3CCN(CC(C)=O)CC3)CC2)c1. The minimum Gasteiger partial charge on any atom is -0.380 e. The highest BCUT2D eigenvalue weighted by Gasteiger charge is 2.22. The quantitative estimate of drug-likeness (QED) is 0.700. The standard InChI is InChI=1S/C22H35N3O2/c1-19(26)17-24-10-7-20(8-11-24)6-9-23-12-14-25(15-13-23)22-5-3-4-21(16-22)18-27-2/h3-5,16,20H,6-15,17-18H2,1-2H3. The molecule has 2 saturated heterocycles. The Labute approximate surface area is 164 Å². The maximum Gasteiger partial charge on any atom is 0.143 e. The van der Waals surface area contributed by atoms with Gasteiger partial charge in [-0.2, -0.15) is 0 Å². The van der Waals surface area contributed by atoms with Crippen molar-refractivity contribution in [2.75, 3.05) is 64.4 Å². The third-order valence-corrected chi connectivity index (χ3v) is 5.97. The average Bonchev–Trinajstić information content (AvgIpc) is 2.68. The lowest BCUT2D eigenvalue weighted by atomic mass is 9.93. The minimum atomic E-state index is 0.291. The predicted octanol–water partition coefficient (Wildman–Crippen LogP) is 2.65. The van der Waals surface area contributed by atoms with Crippen molar-refractivity contribution in [2.45, 2.75) is 32.8 Å². The summed E-state index contributed by atoms with van der Waals surface area (Å²) in [4.78, 5) is 18.7. The van der Waals surface area contributed by atoms with E-state index in [0.29, 0.717) is 18.9 Å². The maximum absolute atomic E-state index is 11.2. The van der Waals surface area contributed by atoms with Gasteiger partial charge in [0, 0.05) is 39.0 Å². The van der Waals surface area contributed by atoms with Gasteiger partial charge in [0.05, 0.1) is 13.2 Å². The van der Waals surface area contributed by atoms with Crippen molar-refractivity contribution in [2.24, 2.45) is 5.92 Å². The van der Waals surface area contributed by atoms with E-state index >= 15 is 0 Å². The molecule has 0 bridgehead atoms. The number of carbonyl (C=O) groups is 1. The average molecular weight is 374 g/mol. The van der Waals surface area contributed by atoms with Crippen LogP contribution in [0.15, 0.2) is 24.3 Å². The second kappa shape index (κ2) is 10.2. The topological polar surface area (TPSA) is 36.0 Å². The van der Waals surface area contributed by atoms with E-state index in [0.717, 1.165) is 45.2 Å². The van der Waals surface area contributed by atoms with Crippen LogP contribution >= 0.6 is 0 Å². The number of ketones is 1. The number of rotatable bonds is 8. The van der Waals surface area contributed by atoms with Gasteiger partial charge in [-0.15, -0.1) is 0 Å². The van der Waals surface area contributed by atoms with E-state index in [1.165, 1.54) is 37.1 Å². The molecule has 0 aliphatic carbocycles.